The molecule has 8 nitrogen and oxygen atoms in total. The Morgan fingerprint density at radius 1 is 0.938 bits per heavy atom. The molecular weight excluding hydrogens is 451 g/mol. The van der Waals surface area contributed by atoms with E-state index in [4.69, 9.17) is 11.6 Å². The number of amides is 3. The molecule has 0 aliphatic heterocycles. The number of aromatic amines is 1. The summed E-state index contributed by atoms with van der Waals surface area (Å²) in [4.78, 5) is 42.9. The molecule has 0 aliphatic rings. The van der Waals surface area contributed by atoms with Crippen LogP contribution < -0.4 is 16.0 Å². The SMILES string of the molecule is CNC(=O)c1nc[nH]c1C(=O)Nc1ccc(NC(=O)c2cc(C(F)(F)F)ccc2Cl)cc1. The van der Waals surface area contributed by atoms with E-state index in [0.29, 0.717) is 11.8 Å². The molecule has 12 heteroatoms. The standard InChI is InChI=1S/C20H15ClF3N5O3/c1-25-18(31)15-16(27-9-26-15)19(32)29-12-5-3-11(4-6-12)28-17(30)13-8-10(20(22,23)24)2-7-14(13)21/h2-9H,1H3,(H,25,31)(H,26,27)(H,28,30)(H,29,32). The van der Waals surface area contributed by atoms with Crippen LogP contribution in [0.25, 0.3) is 0 Å². The van der Waals surface area contributed by atoms with E-state index in [1.807, 2.05) is 0 Å². The molecule has 0 atom stereocenters. The predicted molar refractivity (Wildman–Crippen MR) is 111 cm³/mol. The van der Waals surface area contributed by atoms with Crippen LogP contribution in [-0.4, -0.2) is 34.7 Å². The molecule has 0 spiro atoms. The summed E-state index contributed by atoms with van der Waals surface area (Å²) in [6, 6.07) is 8.23. The summed E-state index contributed by atoms with van der Waals surface area (Å²) < 4.78 is 38.7. The maximum atomic E-state index is 12.9. The molecule has 166 valence electrons. The van der Waals surface area contributed by atoms with Crippen molar-refractivity contribution in [1.82, 2.24) is 15.3 Å². The largest absolute Gasteiger partial charge is 0.416 e. The van der Waals surface area contributed by atoms with Gasteiger partial charge in [-0.3, -0.25) is 14.4 Å². The first-order valence-electron chi connectivity index (χ1n) is 8.95. The van der Waals surface area contributed by atoms with E-state index in [9.17, 15) is 27.6 Å². The van der Waals surface area contributed by atoms with Gasteiger partial charge < -0.3 is 20.9 Å². The van der Waals surface area contributed by atoms with Gasteiger partial charge in [-0.15, -0.1) is 0 Å². The number of halogens is 4. The minimum atomic E-state index is -4.62. The van der Waals surface area contributed by atoms with Crippen molar-refractivity contribution in [2.45, 2.75) is 6.18 Å². The summed E-state index contributed by atoms with van der Waals surface area (Å²) in [6.07, 6.45) is -3.41. The summed E-state index contributed by atoms with van der Waals surface area (Å²) in [7, 11) is 1.40. The average Bonchev–Trinajstić information content (AvgIpc) is 3.24. The number of aromatic nitrogens is 2. The third kappa shape index (κ3) is 5.06. The number of rotatable bonds is 5. The number of imidazole rings is 1. The fourth-order valence-electron chi connectivity index (χ4n) is 2.66. The molecule has 2 aromatic carbocycles. The molecular formula is C20H15ClF3N5O3. The number of hydrogen-bond donors (Lipinski definition) is 4. The highest BCUT2D eigenvalue weighted by atomic mass is 35.5. The minimum absolute atomic E-state index is 0.0408. The molecule has 4 N–H and O–H groups in total. The van der Waals surface area contributed by atoms with E-state index in [0.717, 1.165) is 12.1 Å². The molecule has 0 unspecified atom stereocenters. The highest BCUT2D eigenvalue weighted by Gasteiger charge is 2.31. The first-order valence-corrected chi connectivity index (χ1v) is 9.33. The van der Waals surface area contributed by atoms with Crippen LogP contribution in [0.2, 0.25) is 5.02 Å². The van der Waals surface area contributed by atoms with E-state index in [-0.39, 0.29) is 27.7 Å². The highest BCUT2D eigenvalue weighted by Crippen LogP contribution is 2.32. The maximum Gasteiger partial charge on any atom is 0.416 e. The number of nitrogens with zero attached hydrogens (tertiary/aromatic N) is 1. The van der Waals surface area contributed by atoms with Crippen LogP contribution in [0.3, 0.4) is 0 Å². The normalized spacial score (nSPS) is 11.0. The summed E-state index contributed by atoms with van der Waals surface area (Å²) in [5, 5.41) is 7.24. The molecule has 3 rings (SSSR count). The lowest BCUT2D eigenvalue weighted by Crippen LogP contribution is -2.23. The van der Waals surface area contributed by atoms with Gasteiger partial charge in [0.05, 0.1) is 22.5 Å². The van der Waals surface area contributed by atoms with E-state index >= 15 is 0 Å². The third-order valence-electron chi connectivity index (χ3n) is 4.25. The van der Waals surface area contributed by atoms with E-state index in [1.165, 1.54) is 37.6 Å². The Balaban J connectivity index is 1.70. The highest BCUT2D eigenvalue weighted by molar-refractivity contribution is 6.34. The molecule has 0 saturated heterocycles. The fraction of sp³-hybridized carbons (Fsp3) is 0.100. The van der Waals surface area contributed by atoms with Gasteiger partial charge in [-0.05, 0) is 42.5 Å². The number of carbonyl (C=O) groups is 3. The molecule has 0 bridgehead atoms. The molecule has 0 saturated carbocycles. The Bertz CT molecular complexity index is 1180. The van der Waals surface area contributed by atoms with Gasteiger partial charge >= 0.3 is 6.18 Å². The first kappa shape index (κ1) is 22.8. The lowest BCUT2D eigenvalue weighted by molar-refractivity contribution is -0.137. The second-order valence-electron chi connectivity index (χ2n) is 6.38. The zero-order valence-corrected chi connectivity index (χ0v) is 17.1. The number of hydrogen-bond acceptors (Lipinski definition) is 4. The maximum absolute atomic E-state index is 12.9. The van der Waals surface area contributed by atoms with Crippen molar-refractivity contribution in [3.63, 3.8) is 0 Å². The predicted octanol–water partition coefficient (Wildman–Crippen LogP) is 3.95. The van der Waals surface area contributed by atoms with Gasteiger partial charge in [0.25, 0.3) is 17.7 Å². The van der Waals surface area contributed by atoms with Crippen molar-refractivity contribution in [2.24, 2.45) is 0 Å². The van der Waals surface area contributed by atoms with Crippen LogP contribution in [0.1, 0.15) is 36.9 Å². The Hall–Kier alpha value is -3.86. The van der Waals surface area contributed by atoms with Gasteiger partial charge in [0.1, 0.15) is 5.69 Å². The number of nitrogens with one attached hydrogen (secondary N) is 4. The first-order chi connectivity index (χ1) is 15.1. The molecule has 0 radical (unpaired) electrons. The lowest BCUT2D eigenvalue weighted by Gasteiger charge is -2.11. The molecule has 3 aromatic rings. The summed E-state index contributed by atoms with van der Waals surface area (Å²) in [6.45, 7) is 0. The summed E-state index contributed by atoms with van der Waals surface area (Å²) >= 11 is 5.87. The number of anilines is 2. The van der Waals surface area contributed by atoms with E-state index in [2.05, 4.69) is 25.9 Å². The summed E-state index contributed by atoms with van der Waals surface area (Å²) in [5.74, 6) is -1.98. The van der Waals surface area contributed by atoms with Gasteiger partial charge in [-0.1, -0.05) is 11.6 Å². The van der Waals surface area contributed by atoms with E-state index < -0.39 is 29.5 Å². The Labute approximate surface area is 184 Å². The molecule has 0 fully saturated rings. The Morgan fingerprint density at radius 2 is 1.53 bits per heavy atom. The second-order valence-corrected chi connectivity index (χ2v) is 6.79. The zero-order valence-electron chi connectivity index (χ0n) is 16.3. The van der Waals surface area contributed by atoms with Crippen LogP contribution in [-0.2, 0) is 6.18 Å². The van der Waals surface area contributed by atoms with Crippen molar-refractivity contribution >= 4 is 40.7 Å². The Kier molecular flexibility index (Phi) is 6.49. The molecule has 1 heterocycles. The number of carbonyl (C=O) groups excluding carboxylic acids is 3. The zero-order chi connectivity index (χ0) is 23.5. The average molecular weight is 466 g/mol. The van der Waals surface area contributed by atoms with Crippen molar-refractivity contribution in [1.29, 1.82) is 0 Å². The van der Waals surface area contributed by atoms with Crippen LogP contribution >= 0.6 is 11.6 Å². The number of alkyl halides is 3. The van der Waals surface area contributed by atoms with Crippen molar-refractivity contribution in [2.75, 3.05) is 17.7 Å². The van der Waals surface area contributed by atoms with Crippen LogP contribution in [0.4, 0.5) is 24.5 Å². The molecule has 1 aromatic heterocycles. The lowest BCUT2D eigenvalue weighted by atomic mass is 10.1. The fourth-order valence-corrected chi connectivity index (χ4v) is 2.87. The van der Waals surface area contributed by atoms with Gasteiger partial charge in [0, 0.05) is 18.4 Å². The minimum Gasteiger partial charge on any atom is -0.354 e. The topological polar surface area (TPSA) is 116 Å². The van der Waals surface area contributed by atoms with Crippen molar-refractivity contribution < 1.29 is 27.6 Å². The third-order valence-corrected chi connectivity index (χ3v) is 4.58. The number of H-pyrrole nitrogens is 1. The Morgan fingerprint density at radius 3 is 2.09 bits per heavy atom. The van der Waals surface area contributed by atoms with Gasteiger partial charge in [-0.25, -0.2) is 4.98 Å². The van der Waals surface area contributed by atoms with Crippen molar-refractivity contribution in [3.05, 3.63) is 76.3 Å². The quantitative estimate of drug-likeness (QED) is 0.456. The van der Waals surface area contributed by atoms with Gasteiger partial charge in [0.2, 0.25) is 0 Å². The van der Waals surface area contributed by atoms with Crippen LogP contribution in [0.15, 0.2) is 48.8 Å². The molecule has 0 aliphatic carbocycles. The van der Waals surface area contributed by atoms with Crippen LogP contribution in [0.5, 0.6) is 0 Å². The van der Waals surface area contributed by atoms with Gasteiger partial charge in [-0.2, -0.15) is 13.2 Å². The van der Waals surface area contributed by atoms with Crippen LogP contribution in [0, 0.1) is 0 Å². The van der Waals surface area contributed by atoms with Crippen molar-refractivity contribution in [3.8, 4) is 0 Å². The smallest absolute Gasteiger partial charge is 0.354 e. The number of benzene rings is 2. The van der Waals surface area contributed by atoms with E-state index in [1.54, 1.807) is 0 Å². The second kappa shape index (κ2) is 9.10. The monoisotopic (exact) mass is 465 g/mol. The summed E-state index contributed by atoms with van der Waals surface area (Å²) in [5.41, 5.74) is -0.857. The molecule has 3 amide bonds. The van der Waals surface area contributed by atoms with Gasteiger partial charge in [0.15, 0.2) is 5.69 Å². The molecule has 32 heavy (non-hydrogen) atoms.